The van der Waals surface area contributed by atoms with Crippen LogP contribution in [0.4, 0.5) is 0 Å². The molecule has 98 valence electrons. The Labute approximate surface area is 110 Å². The lowest BCUT2D eigenvalue weighted by atomic mass is 9.91. The van der Waals surface area contributed by atoms with Gasteiger partial charge in [-0.3, -0.25) is 0 Å². The minimum absolute atomic E-state index is 0.106. The molecule has 0 aliphatic heterocycles. The van der Waals surface area contributed by atoms with Gasteiger partial charge in [0.1, 0.15) is 5.01 Å². The fourth-order valence-electron chi connectivity index (χ4n) is 2.19. The number of aromatic nitrogens is 1. The molecule has 1 heterocycles. The molecule has 1 aromatic heterocycles. The van der Waals surface area contributed by atoms with E-state index in [1.54, 1.807) is 0 Å². The Morgan fingerprint density at radius 2 is 1.88 bits per heavy atom. The lowest BCUT2D eigenvalue weighted by molar-refractivity contribution is 0.293. The summed E-state index contributed by atoms with van der Waals surface area (Å²) >= 11 is 1.86. The zero-order chi connectivity index (χ0) is 12.9. The maximum atomic E-state index is 4.78. The first kappa shape index (κ1) is 14.7. The highest BCUT2D eigenvalue weighted by molar-refractivity contribution is 7.11. The third kappa shape index (κ3) is 3.29. The van der Waals surface area contributed by atoms with E-state index >= 15 is 0 Å². The molecule has 3 heteroatoms. The van der Waals surface area contributed by atoms with Crippen molar-refractivity contribution in [1.29, 1.82) is 0 Å². The molecule has 0 saturated carbocycles. The van der Waals surface area contributed by atoms with E-state index in [9.17, 15) is 0 Å². The number of thiazole rings is 1. The summed E-state index contributed by atoms with van der Waals surface area (Å²) in [5, 5.41) is 5.02. The van der Waals surface area contributed by atoms with E-state index in [1.165, 1.54) is 34.8 Å². The predicted molar refractivity (Wildman–Crippen MR) is 76.8 cm³/mol. The Balaban J connectivity index is 3.02. The van der Waals surface area contributed by atoms with E-state index in [0.717, 1.165) is 13.0 Å². The number of nitrogens with one attached hydrogen (secondary N) is 1. The second-order valence-electron chi connectivity index (χ2n) is 4.77. The van der Waals surface area contributed by atoms with E-state index in [0.29, 0.717) is 0 Å². The van der Waals surface area contributed by atoms with E-state index in [2.05, 4.69) is 39.9 Å². The van der Waals surface area contributed by atoms with Gasteiger partial charge in [0.15, 0.2) is 0 Å². The van der Waals surface area contributed by atoms with Crippen molar-refractivity contribution in [3.05, 3.63) is 15.6 Å². The van der Waals surface area contributed by atoms with Crippen molar-refractivity contribution in [2.75, 3.05) is 6.54 Å². The van der Waals surface area contributed by atoms with Crippen LogP contribution >= 0.6 is 11.3 Å². The molecule has 1 N–H and O–H groups in total. The SMILES string of the molecule is CCCNC(CC)(CCC)c1nc(C)c(C)s1. The first-order valence-corrected chi connectivity index (χ1v) is 7.60. The molecule has 0 aliphatic rings. The zero-order valence-corrected chi connectivity index (χ0v) is 12.7. The molecule has 2 nitrogen and oxygen atoms in total. The van der Waals surface area contributed by atoms with Crippen molar-refractivity contribution < 1.29 is 0 Å². The normalized spacial score (nSPS) is 14.9. The zero-order valence-electron chi connectivity index (χ0n) is 11.9. The van der Waals surface area contributed by atoms with Crippen LogP contribution < -0.4 is 5.32 Å². The van der Waals surface area contributed by atoms with Crippen LogP contribution in [0.1, 0.15) is 62.0 Å². The summed E-state index contributed by atoms with van der Waals surface area (Å²) in [5.41, 5.74) is 1.30. The molecule has 0 radical (unpaired) electrons. The number of rotatable bonds is 7. The van der Waals surface area contributed by atoms with Crippen molar-refractivity contribution in [3.63, 3.8) is 0 Å². The third-order valence-corrected chi connectivity index (χ3v) is 4.71. The summed E-state index contributed by atoms with van der Waals surface area (Å²) in [5.74, 6) is 0. The van der Waals surface area contributed by atoms with E-state index in [4.69, 9.17) is 4.98 Å². The van der Waals surface area contributed by atoms with Crippen molar-refractivity contribution in [2.45, 2.75) is 65.8 Å². The molecular weight excluding hydrogens is 228 g/mol. The van der Waals surface area contributed by atoms with Crippen molar-refractivity contribution in [1.82, 2.24) is 10.3 Å². The standard InChI is InChI=1S/C14H26N2S/c1-6-9-14(8-3,15-10-7-2)13-16-11(4)12(5)17-13/h15H,6-10H2,1-5H3. The highest BCUT2D eigenvalue weighted by atomic mass is 32.1. The maximum Gasteiger partial charge on any atom is 0.113 e. The second-order valence-corrected chi connectivity index (χ2v) is 5.98. The highest BCUT2D eigenvalue weighted by Crippen LogP contribution is 2.34. The van der Waals surface area contributed by atoms with Gasteiger partial charge in [0.25, 0.3) is 0 Å². The Hall–Kier alpha value is -0.410. The van der Waals surface area contributed by atoms with Gasteiger partial charge in [-0.25, -0.2) is 4.98 Å². The number of hydrogen-bond donors (Lipinski definition) is 1. The summed E-state index contributed by atoms with van der Waals surface area (Å²) in [7, 11) is 0. The van der Waals surface area contributed by atoms with Gasteiger partial charge >= 0.3 is 0 Å². The fraction of sp³-hybridized carbons (Fsp3) is 0.786. The van der Waals surface area contributed by atoms with Gasteiger partial charge in [-0.2, -0.15) is 0 Å². The predicted octanol–water partition coefficient (Wildman–Crippen LogP) is 4.16. The molecule has 1 rings (SSSR count). The average Bonchev–Trinajstić information content (AvgIpc) is 2.65. The van der Waals surface area contributed by atoms with Gasteiger partial charge in [-0.15, -0.1) is 11.3 Å². The third-order valence-electron chi connectivity index (χ3n) is 3.43. The van der Waals surface area contributed by atoms with Gasteiger partial charge < -0.3 is 5.32 Å². The van der Waals surface area contributed by atoms with Crippen molar-refractivity contribution in [2.24, 2.45) is 0 Å². The van der Waals surface area contributed by atoms with Crippen LogP contribution in [0.3, 0.4) is 0 Å². The summed E-state index contributed by atoms with van der Waals surface area (Å²) in [6, 6.07) is 0. The molecule has 0 aromatic carbocycles. The Morgan fingerprint density at radius 3 is 2.29 bits per heavy atom. The minimum Gasteiger partial charge on any atom is -0.305 e. The van der Waals surface area contributed by atoms with Crippen LogP contribution in [0.2, 0.25) is 0 Å². The molecule has 0 aliphatic carbocycles. The van der Waals surface area contributed by atoms with Crippen LogP contribution in [0.25, 0.3) is 0 Å². The topological polar surface area (TPSA) is 24.9 Å². The molecule has 1 aromatic rings. The fourth-order valence-corrected chi connectivity index (χ4v) is 3.37. The van der Waals surface area contributed by atoms with Gasteiger partial charge in [0, 0.05) is 4.88 Å². The monoisotopic (exact) mass is 254 g/mol. The van der Waals surface area contributed by atoms with E-state index < -0.39 is 0 Å². The molecule has 0 spiro atoms. The lowest BCUT2D eigenvalue weighted by Crippen LogP contribution is -2.42. The minimum atomic E-state index is 0.106. The van der Waals surface area contributed by atoms with Gasteiger partial charge in [0.05, 0.1) is 11.2 Å². The number of aryl methyl sites for hydroxylation is 2. The average molecular weight is 254 g/mol. The second kappa shape index (κ2) is 6.50. The van der Waals surface area contributed by atoms with Crippen LogP contribution in [0.15, 0.2) is 0 Å². The van der Waals surface area contributed by atoms with Crippen LogP contribution in [-0.2, 0) is 5.54 Å². The van der Waals surface area contributed by atoms with Gasteiger partial charge in [0.2, 0.25) is 0 Å². The summed E-state index contributed by atoms with van der Waals surface area (Å²) in [6.45, 7) is 12.1. The molecule has 1 atom stereocenters. The lowest BCUT2D eigenvalue weighted by Gasteiger charge is -2.32. The largest absolute Gasteiger partial charge is 0.305 e. The van der Waals surface area contributed by atoms with Crippen LogP contribution in [-0.4, -0.2) is 11.5 Å². The Kier molecular flexibility index (Phi) is 5.60. The summed E-state index contributed by atoms with van der Waals surface area (Å²) in [6.07, 6.45) is 4.67. The van der Waals surface area contributed by atoms with Crippen LogP contribution in [0.5, 0.6) is 0 Å². The smallest absolute Gasteiger partial charge is 0.113 e. The molecule has 0 amide bonds. The highest BCUT2D eigenvalue weighted by Gasteiger charge is 2.32. The summed E-state index contributed by atoms with van der Waals surface area (Å²) < 4.78 is 0. The quantitative estimate of drug-likeness (QED) is 0.790. The van der Waals surface area contributed by atoms with Crippen LogP contribution in [0, 0.1) is 13.8 Å². The van der Waals surface area contributed by atoms with Crippen molar-refractivity contribution in [3.8, 4) is 0 Å². The summed E-state index contributed by atoms with van der Waals surface area (Å²) in [4.78, 5) is 6.14. The van der Waals surface area contributed by atoms with Gasteiger partial charge in [-0.1, -0.05) is 27.2 Å². The molecular formula is C14H26N2S. The molecule has 0 fully saturated rings. The van der Waals surface area contributed by atoms with Gasteiger partial charge in [-0.05, 0) is 39.7 Å². The van der Waals surface area contributed by atoms with E-state index in [-0.39, 0.29) is 5.54 Å². The molecule has 0 saturated heterocycles. The number of nitrogens with zero attached hydrogens (tertiary/aromatic N) is 1. The van der Waals surface area contributed by atoms with E-state index in [1.807, 2.05) is 11.3 Å². The Morgan fingerprint density at radius 1 is 1.18 bits per heavy atom. The maximum absolute atomic E-state index is 4.78. The number of hydrogen-bond acceptors (Lipinski definition) is 3. The first-order valence-electron chi connectivity index (χ1n) is 6.79. The molecule has 0 bridgehead atoms. The first-order chi connectivity index (χ1) is 8.09. The van der Waals surface area contributed by atoms with Crippen molar-refractivity contribution >= 4 is 11.3 Å². The molecule has 1 unspecified atom stereocenters. The Bertz CT molecular complexity index is 326. The molecule has 17 heavy (non-hydrogen) atoms.